The Bertz CT molecular complexity index is 1100. The van der Waals surface area contributed by atoms with Crippen molar-refractivity contribution in [3.05, 3.63) is 53.6 Å². The molecule has 1 fully saturated rings. The molecule has 2 atom stereocenters. The predicted molar refractivity (Wildman–Crippen MR) is 113 cm³/mol. The molecule has 0 bridgehead atoms. The highest BCUT2D eigenvalue weighted by atomic mass is 19.4. The molecule has 2 aromatic rings. The Morgan fingerprint density at radius 1 is 1.14 bits per heavy atom. The van der Waals surface area contributed by atoms with Crippen molar-refractivity contribution < 1.29 is 41.4 Å². The van der Waals surface area contributed by atoms with E-state index in [-0.39, 0.29) is 49.6 Å². The SMILES string of the molecule is N#CCOc1ccc(C(N)=O)c(O[C@@H]2CCN(C(=O)Cc3ccc(OC(F)(F)F)cc3)C[C@@H]2F)c1. The van der Waals surface area contributed by atoms with Crippen LogP contribution >= 0.6 is 0 Å². The van der Waals surface area contributed by atoms with Gasteiger partial charge in [0.25, 0.3) is 5.91 Å². The number of likely N-dealkylation sites (tertiary alicyclic amines) is 1. The first-order valence-electron chi connectivity index (χ1n) is 10.4. The van der Waals surface area contributed by atoms with Crippen molar-refractivity contribution >= 4 is 11.8 Å². The summed E-state index contributed by atoms with van der Waals surface area (Å²) >= 11 is 0. The molecule has 1 heterocycles. The van der Waals surface area contributed by atoms with E-state index in [0.717, 1.165) is 12.1 Å². The topological polar surface area (TPSA) is 115 Å². The zero-order valence-electron chi connectivity index (χ0n) is 18.3. The molecule has 1 saturated heterocycles. The van der Waals surface area contributed by atoms with Crippen molar-refractivity contribution in [2.75, 3.05) is 19.7 Å². The van der Waals surface area contributed by atoms with E-state index in [0.29, 0.717) is 5.56 Å². The van der Waals surface area contributed by atoms with Crippen LogP contribution in [0.4, 0.5) is 17.6 Å². The molecule has 2 aromatic carbocycles. The number of primary amides is 1. The van der Waals surface area contributed by atoms with E-state index >= 15 is 0 Å². The summed E-state index contributed by atoms with van der Waals surface area (Å²) in [6, 6.07) is 10.8. The zero-order valence-corrected chi connectivity index (χ0v) is 18.3. The monoisotopic (exact) mass is 495 g/mol. The third kappa shape index (κ3) is 7.23. The van der Waals surface area contributed by atoms with Crippen molar-refractivity contribution in [3.63, 3.8) is 0 Å². The Labute approximate surface area is 197 Å². The number of nitrogens with two attached hydrogens (primary N) is 1. The molecule has 0 aliphatic carbocycles. The number of hydrogen-bond donors (Lipinski definition) is 1. The quantitative estimate of drug-likeness (QED) is 0.563. The maximum atomic E-state index is 14.9. The second-order valence-corrected chi connectivity index (χ2v) is 7.64. The maximum Gasteiger partial charge on any atom is 0.573 e. The molecule has 0 aromatic heterocycles. The molecule has 0 saturated carbocycles. The van der Waals surface area contributed by atoms with Gasteiger partial charge in [-0.1, -0.05) is 12.1 Å². The summed E-state index contributed by atoms with van der Waals surface area (Å²) in [6.45, 7) is -0.343. The molecule has 186 valence electrons. The fraction of sp³-hybridized carbons (Fsp3) is 0.348. The number of alkyl halides is 4. The van der Waals surface area contributed by atoms with Crippen LogP contribution in [0, 0.1) is 11.3 Å². The summed E-state index contributed by atoms with van der Waals surface area (Å²) in [5.41, 5.74) is 5.81. The largest absolute Gasteiger partial charge is 0.573 e. The molecule has 12 heteroatoms. The molecule has 2 amide bonds. The van der Waals surface area contributed by atoms with E-state index in [1.807, 2.05) is 0 Å². The van der Waals surface area contributed by atoms with Crippen LogP contribution < -0.4 is 19.9 Å². The highest BCUT2D eigenvalue weighted by molar-refractivity contribution is 5.95. The van der Waals surface area contributed by atoms with Crippen LogP contribution in [-0.2, 0) is 11.2 Å². The Morgan fingerprint density at radius 3 is 2.43 bits per heavy atom. The summed E-state index contributed by atoms with van der Waals surface area (Å²) in [7, 11) is 0. The number of hydrogen-bond acceptors (Lipinski definition) is 6. The summed E-state index contributed by atoms with van der Waals surface area (Å²) in [5, 5.41) is 8.64. The average molecular weight is 495 g/mol. The number of nitrogens with zero attached hydrogens (tertiary/aromatic N) is 2. The molecule has 0 unspecified atom stereocenters. The Morgan fingerprint density at radius 2 is 1.83 bits per heavy atom. The normalized spacial score (nSPS) is 17.9. The molecule has 1 aliphatic rings. The van der Waals surface area contributed by atoms with Gasteiger partial charge in [-0.15, -0.1) is 13.2 Å². The van der Waals surface area contributed by atoms with Gasteiger partial charge in [0.05, 0.1) is 18.5 Å². The molecular weight excluding hydrogens is 474 g/mol. The van der Waals surface area contributed by atoms with E-state index in [4.69, 9.17) is 20.5 Å². The van der Waals surface area contributed by atoms with Gasteiger partial charge in [-0.2, -0.15) is 5.26 Å². The van der Waals surface area contributed by atoms with Gasteiger partial charge in [-0.25, -0.2) is 4.39 Å². The van der Waals surface area contributed by atoms with Crippen LogP contribution in [0.1, 0.15) is 22.3 Å². The summed E-state index contributed by atoms with van der Waals surface area (Å²) in [5.74, 6) is -1.36. The lowest BCUT2D eigenvalue weighted by molar-refractivity contribution is -0.274. The van der Waals surface area contributed by atoms with E-state index in [9.17, 15) is 27.2 Å². The first-order valence-corrected chi connectivity index (χ1v) is 10.4. The minimum atomic E-state index is -4.82. The van der Waals surface area contributed by atoms with Crippen molar-refractivity contribution in [3.8, 4) is 23.3 Å². The van der Waals surface area contributed by atoms with Crippen LogP contribution in [0.15, 0.2) is 42.5 Å². The van der Waals surface area contributed by atoms with Gasteiger partial charge >= 0.3 is 6.36 Å². The zero-order chi connectivity index (χ0) is 25.6. The molecule has 3 rings (SSSR count). The molecule has 8 nitrogen and oxygen atoms in total. The predicted octanol–water partition coefficient (Wildman–Crippen LogP) is 3.15. The second-order valence-electron chi connectivity index (χ2n) is 7.64. The molecular formula is C23H21F4N3O5. The third-order valence-electron chi connectivity index (χ3n) is 5.15. The standard InChI is InChI=1S/C23H21F4N3O5/c24-18-13-30(21(31)11-14-1-3-15(4-2-14)35-23(25,26)27)9-7-19(18)34-20-12-16(33-10-8-28)5-6-17(20)22(29)32/h1-6,12,18-19H,7,9-11,13H2,(H2,29,32)/t18-,19+/m0/s1. The number of halogens is 4. The van der Waals surface area contributed by atoms with Crippen LogP contribution in [0.5, 0.6) is 17.2 Å². The van der Waals surface area contributed by atoms with Gasteiger partial charge < -0.3 is 24.8 Å². The lowest BCUT2D eigenvalue weighted by Gasteiger charge is -2.35. The third-order valence-corrected chi connectivity index (χ3v) is 5.15. The van der Waals surface area contributed by atoms with Gasteiger partial charge in [0.2, 0.25) is 5.91 Å². The molecule has 0 spiro atoms. The molecule has 1 aliphatic heterocycles. The van der Waals surface area contributed by atoms with E-state index in [1.54, 1.807) is 6.07 Å². The number of carbonyl (C=O) groups excluding carboxylic acids is 2. The van der Waals surface area contributed by atoms with E-state index in [1.165, 1.54) is 35.2 Å². The van der Waals surface area contributed by atoms with Gasteiger partial charge in [-0.3, -0.25) is 9.59 Å². The van der Waals surface area contributed by atoms with Crippen molar-refractivity contribution in [1.82, 2.24) is 4.90 Å². The summed E-state index contributed by atoms with van der Waals surface area (Å²) < 4.78 is 66.4. The van der Waals surface area contributed by atoms with Crippen molar-refractivity contribution in [1.29, 1.82) is 5.26 Å². The van der Waals surface area contributed by atoms with Crippen molar-refractivity contribution in [2.24, 2.45) is 5.73 Å². The van der Waals surface area contributed by atoms with E-state index < -0.39 is 36.2 Å². The summed E-state index contributed by atoms with van der Waals surface area (Å²) in [4.78, 5) is 25.6. The number of amides is 2. The highest BCUT2D eigenvalue weighted by Gasteiger charge is 2.34. The smallest absolute Gasteiger partial charge is 0.486 e. The Hall–Kier alpha value is -4.01. The second kappa shape index (κ2) is 10.9. The van der Waals surface area contributed by atoms with Crippen molar-refractivity contribution in [2.45, 2.75) is 31.5 Å². The maximum absolute atomic E-state index is 14.9. The van der Waals surface area contributed by atoms with Crippen LogP contribution in [0.3, 0.4) is 0 Å². The fourth-order valence-corrected chi connectivity index (χ4v) is 3.51. The van der Waals surface area contributed by atoms with Gasteiger partial charge in [-0.05, 0) is 29.8 Å². The number of carbonyl (C=O) groups is 2. The Balaban J connectivity index is 1.60. The minimum Gasteiger partial charge on any atom is -0.486 e. The first-order chi connectivity index (χ1) is 16.6. The molecule has 2 N–H and O–H groups in total. The average Bonchev–Trinajstić information content (AvgIpc) is 2.79. The molecule has 0 radical (unpaired) electrons. The van der Waals surface area contributed by atoms with Gasteiger partial charge in [0, 0.05) is 19.0 Å². The number of piperidine rings is 1. The fourth-order valence-electron chi connectivity index (χ4n) is 3.51. The van der Waals surface area contributed by atoms with Crippen LogP contribution in [0.2, 0.25) is 0 Å². The lowest BCUT2D eigenvalue weighted by atomic mass is 10.0. The van der Waals surface area contributed by atoms with Gasteiger partial charge in [0.1, 0.15) is 29.4 Å². The number of rotatable bonds is 8. The first kappa shape index (κ1) is 25.6. The Kier molecular flexibility index (Phi) is 8.01. The molecule has 35 heavy (non-hydrogen) atoms. The highest BCUT2D eigenvalue weighted by Crippen LogP contribution is 2.29. The van der Waals surface area contributed by atoms with Crippen LogP contribution in [-0.4, -0.2) is 55.0 Å². The lowest BCUT2D eigenvalue weighted by Crippen LogP contribution is -2.49. The number of benzene rings is 2. The van der Waals surface area contributed by atoms with Gasteiger partial charge in [0.15, 0.2) is 12.8 Å². The van der Waals surface area contributed by atoms with E-state index in [2.05, 4.69) is 4.74 Å². The minimum absolute atomic E-state index is 0.00142. The summed E-state index contributed by atoms with van der Waals surface area (Å²) in [6.07, 6.45) is -7.38. The number of nitriles is 1. The van der Waals surface area contributed by atoms with Crippen LogP contribution in [0.25, 0.3) is 0 Å². The number of ether oxygens (including phenoxy) is 3.